The molecule has 7 nitrogen and oxygen atoms in total. The summed E-state index contributed by atoms with van der Waals surface area (Å²) in [5.74, 6) is 1.50. The van der Waals surface area contributed by atoms with Gasteiger partial charge in [0.15, 0.2) is 0 Å². The molecule has 0 aliphatic rings. The molecule has 2 aromatic heterocycles. The second-order valence-electron chi connectivity index (χ2n) is 7.84. The molecule has 0 bridgehead atoms. The molecule has 0 saturated heterocycles. The average Bonchev–Trinajstić information content (AvgIpc) is 3.05. The number of benzene rings is 2. The number of hydrogen-bond acceptors (Lipinski definition) is 6. The lowest BCUT2D eigenvalue weighted by molar-refractivity contribution is -0.115. The van der Waals surface area contributed by atoms with Gasteiger partial charge in [-0.3, -0.25) is 4.79 Å². The molecular formula is C25H25NO6. The van der Waals surface area contributed by atoms with Crippen molar-refractivity contribution < 1.29 is 23.1 Å². The highest BCUT2D eigenvalue weighted by Gasteiger charge is 2.21. The molecule has 0 radical (unpaired) electrons. The van der Waals surface area contributed by atoms with Gasteiger partial charge >= 0.3 is 5.63 Å². The van der Waals surface area contributed by atoms with Crippen LogP contribution in [0.1, 0.15) is 28.0 Å². The number of carbonyl (C=O) groups excluding carboxylic acids is 1. The van der Waals surface area contributed by atoms with Gasteiger partial charge in [-0.05, 0) is 62.6 Å². The van der Waals surface area contributed by atoms with E-state index in [-0.39, 0.29) is 17.9 Å². The zero-order chi connectivity index (χ0) is 23.2. The normalized spacial score (nSPS) is 11.2. The lowest BCUT2D eigenvalue weighted by atomic mass is 9.98. The molecule has 1 N–H and O–H groups in total. The van der Waals surface area contributed by atoms with Gasteiger partial charge in [-0.25, -0.2) is 4.79 Å². The molecule has 0 saturated carbocycles. The van der Waals surface area contributed by atoms with Crippen LogP contribution in [-0.4, -0.2) is 20.1 Å². The Morgan fingerprint density at radius 1 is 0.969 bits per heavy atom. The second-order valence-corrected chi connectivity index (χ2v) is 7.84. The number of amides is 1. The van der Waals surface area contributed by atoms with Gasteiger partial charge < -0.3 is 23.6 Å². The van der Waals surface area contributed by atoms with Crippen LogP contribution in [0.4, 0.5) is 5.69 Å². The highest BCUT2D eigenvalue weighted by molar-refractivity contribution is 6.07. The Morgan fingerprint density at radius 3 is 2.41 bits per heavy atom. The summed E-state index contributed by atoms with van der Waals surface area (Å²) in [6.07, 6.45) is -0.154. The number of nitrogens with one attached hydrogen (secondary N) is 1. The Labute approximate surface area is 184 Å². The molecule has 0 aliphatic heterocycles. The highest BCUT2D eigenvalue weighted by atomic mass is 16.5. The second kappa shape index (κ2) is 8.07. The van der Waals surface area contributed by atoms with E-state index in [2.05, 4.69) is 5.32 Å². The number of rotatable bonds is 5. The third-order valence-corrected chi connectivity index (χ3v) is 5.90. The first-order valence-electron chi connectivity index (χ1n) is 10.2. The van der Waals surface area contributed by atoms with Crippen molar-refractivity contribution in [1.82, 2.24) is 0 Å². The summed E-state index contributed by atoms with van der Waals surface area (Å²) >= 11 is 0. The van der Waals surface area contributed by atoms with Crippen LogP contribution in [0.5, 0.6) is 11.5 Å². The Kier molecular flexibility index (Phi) is 5.42. The molecule has 1 amide bonds. The standard InChI is InChI=1S/C25H25NO6/c1-12-9-20-23(24-22(12)13(2)15(4)31-24)14(3)17(25(28)32-20)11-21(27)26-18-10-16(29-5)7-8-19(18)30-6/h7-10H,11H2,1-6H3,(H,26,27). The monoisotopic (exact) mass is 435 g/mol. The first-order chi connectivity index (χ1) is 15.2. The third kappa shape index (κ3) is 3.49. The van der Waals surface area contributed by atoms with E-state index >= 15 is 0 Å². The molecular weight excluding hydrogens is 410 g/mol. The Balaban J connectivity index is 1.78. The number of hydrogen-bond donors (Lipinski definition) is 1. The Hall–Kier alpha value is -3.74. The summed E-state index contributed by atoms with van der Waals surface area (Å²) in [5.41, 5.74) is 4.01. The largest absolute Gasteiger partial charge is 0.497 e. The number of aryl methyl sites for hydroxylation is 4. The fraction of sp³-hybridized carbons (Fsp3) is 0.280. The fourth-order valence-electron chi connectivity index (χ4n) is 4.10. The molecule has 0 spiro atoms. The lowest BCUT2D eigenvalue weighted by Gasteiger charge is -2.13. The Morgan fingerprint density at radius 2 is 1.72 bits per heavy atom. The van der Waals surface area contributed by atoms with Gasteiger partial charge in [0, 0.05) is 11.5 Å². The lowest BCUT2D eigenvalue weighted by Crippen LogP contribution is -2.21. The summed E-state index contributed by atoms with van der Waals surface area (Å²) in [6.45, 7) is 7.69. The molecule has 0 unspecified atom stereocenters. The number of anilines is 1. The molecule has 0 aliphatic carbocycles. The number of fused-ring (bicyclic) bond motifs is 3. The van der Waals surface area contributed by atoms with Crippen LogP contribution < -0.4 is 20.4 Å². The van der Waals surface area contributed by atoms with Gasteiger partial charge in [0.05, 0.1) is 37.3 Å². The number of furan rings is 1. The summed E-state index contributed by atoms with van der Waals surface area (Å²) in [6, 6.07) is 6.94. The van der Waals surface area contributed by atoms with Crippen LogP contribution in [0.15, 0.2) is 37.9 Å². The van der Waals surface area contributed by atoms with Crippen molar-refractivity contribution in [3.8, 4) is 11.5 Å². The van der Waals surface area contributed by atoms with Gasteiger partial charge in [-0.2, -0.15) is 0 Å². The van der Waals surface area contributed by atoms with E-state index in [1.165, 1.54) is 14.2 Å². The van der Waals surface area contributed by atoms with Crippen molar-refractivity contribution in [2.24, 2.45) is 0 Å². The molecule has 4 rings (SSSR count). The molecule has 4 aromatic rings. The van der Waals surface area contributed by atoms with Crippen LogP contribution in [0, 0.1) is 27.7 Å². The summed E-state index contributed by atoms with van der Waals surface area (Å²) < 4.78 is 22.2. The van der Waals surface area contributed by atoms with Gasteiger partial charge in [-0.1, -0.05) is 0 Å². The van der Waals surface area contributed by atoms with Crippen molar-refractivity contribution in [1.29, 1.82) is 0 Å². The maximum Gasteiger partial charge on any atom is 0.340 e. The van der Waals surface area contributed by atoms with Crippen molar-refractivity contribution in [3.05, 3.63) is 62.7 Å². The minimum Gasteiger partial charge on any atom is -0.497 e. The fourth-order valence-corrected chi connectivity index (χ4v) is 4.10. The molecule has 32 heavy (non-hydrogen) atoms. The predicted molar refractivity (Wildman–Crippen MR) is 123 cm³/mol. The van der Waals surface area contributed by atoms with Crippen molar-refractivity contribution in [2.75, 3.05) is 19.5 Å². The minimum atomic E-state index is -0.540. The summed E-state index contributed by atoms with van der Waals surface area (Å²) in [4.78, 5) is 25.6. The molecule has 0 atom stereocenters. The molecule has 166 valence electrons. The number of ether oxygens (including phenoxy) is 2. The van der Waals surface area contributed by atoms with Crippen LogP contribution in [0.2, 0.25) is 0 Å². The van der Waals surface area contributed by atoms with Gasteiger partial charge in [0.25, 0.3) is 0 Å². The van der Waals surface area contributed by atoms with E-state index in [9.17, 15) is 9.59 Å². The third-order valence-electron chi connectivity index (χ3n) is 5.90. The van der Waals surface area contributed by atoms with Crippen LogP contribution in [-0.2, 0) is 11.2 Å². The van der Waals surface area contributed by atoms with Gasteiger partial charge in [0.2, 0.25) is 5.91 Å². The van der Waals surface area contributed by atoms with E-state index in [1.807, 2.05) is 33.8 Å². The van der Waals surface area contributed by atoms with Crippen molar-refractivity contribution in [2.45, 2.75) is 34.1 Å². The molecule has 2 aromatic carbocycles. The maximum absolute atomic E-state index is 12.9. The molecule has 2 heterocycles. The van der Waals surface area contributed by atoms with Crippen LogP contribution in [0.3, 0.4) is 0 Å². The first-order valence-corrected chi connectivity index (χ1v) is 10.2. The van der Waals surface area contributed by atoms with E-state index < -0.39 is 5.63 Å². The zero-order valence-electron chi connectivity index (χ0n) is 19.0. The molecule has 7 heteroatoms. The first kappa shape index (κ1) is 21.5. The number of methoxy groups -OCH3 is 2. The van der Waals surface area contributed by atoms with E-state index in [1.54, 1.807) is 18.2 Å². The predicted octanol–water partition coefficient (Wildman–Crippen LogP) is 4.97. The van der Waals surface area contributed by atoms with E-state index in [0.29, 0.717) is 39.3 Å². The topological polar surface area (TPSA) is 90.9 Å². The average molecular weight is 435 g/mol. The summed E-state index contributed by atoms with van der Waals surface area (Å²) in [5, 5.41) is 4.51. The van der Waals surface area contributed by atoms with E-state index in [0.717, 1.165) is 22.3 Å². The highest BCUT2D eigenvalue weighted by Crippen LogP contribution is 2.36. The van der Waals surface area contributed by atoms with E-state index in [4.69, 9.17) is 18.3 Å². The smallest absolute Gasteiger partial charge is 0.340 e. The van der Waals surface area contributed by atoms with Crippen LogP contribution in [0.25, 0.3) is 21.9 Å². The SMILES string of the molecule is COc1ccc(OC)c(NC(=O)Cc2c(C)c3c(cc(C)c4c(C)c(C)oc43)oc2=O)c1. The van der Waals surface area contributed by atoms with Gasteiger partial charge in [-0.15, -0.1) is 0 Å². The van der Waals surface area contributed by atoms with Crippen molar-refractivity contribution in [3.63, 3.8) is 0 Å². The minimum absolute atomic E-state index is 0.154. The summed E-state index contributed by atoms with van der Waals surface area (Å²) in [7, 11) is 3.05. The number of carbonyl (C=O) groups is 1. The van der Waals surface area contributed by atoms with Crippen molar-refractivity contribution >= 4 is 33.5 Å². The Bertz CT molecular complexity index is 1430. The van der Waals surface area contributed by atoms with Crippen LogP contribution >= 0.6 is 0 Å². The van der Waals surface area contributed by atoms with Gasteiger partial charge in [0.1, 0.15) is 28.4 Å². The quantitative estimate of drug-likeness (QED) is 0.445. The maximum atomic E-state index is 12.9. The molecule has 0 fully saturated rings. The zero-order valence-corrected chi connectivity index (χ0v) is 19.0.